The molecule has 1 amide bonds. The summed E-state index contributed by atoms with van der Waals surface area (Å²) in [7, 11) is 0. The third kappa shape index (κ3) is 4.35. The molecule has 0 atom stereocenters. The van der Waals surface area contributed by atoms with E-state index >= 15 is 0 Å². The molecule has 0 unspecified atom stereocenters. The predicted molar refractivity (Wildman–Crippen MR) is 97.1 cm³/mol. The maximum Gasteiger partial charge on any atom is 0.251 e. The lowest BCUT2D eigenvalue weighted by atomic mass is 10.0. The Morgan fingerprint density at radius 2 is 1.65 bits per heavy atom. The molecule has 0 aliphatic carbocycles. The van der Waals surface area contributed by atoms with Gasteiger partial charge < -0.3 is 10.2 Å². The van der Waals surface area contributed by atoms with Gasteiger partial charge in [-0.05, 0) is 57.0 Å². The van der Waals surface area contributed by atoms with Gasteiger partial charge in [0.15, 0.2) is 0 Å². The van der Waals surface area contributed by atoms with Crippen LogP contribution in [0.5, 0.6) is 0 Å². The first-order chi connectivity index (χ1) is 11.0. The van der Waals surface area contributed by atoms with Crippen LogP contribution in [0, 0.1) is 13.8 Å². The normalized spacial score (nSPS) is 10.4. The van der Waals surface area contributed by atoms with Gasteiger partial charge in [-0.1, -0.05) is 29.8 Å². The van der Waals surface area contributed by atoms with E-state index in [-0.39, 0.29) is 5.91 Å². The fourth-order valence-electron chi connectivity index (χ4n) is 2.67. The zero-order valence-electron chi connectivity index (χ0n) is 14.5. The van der Waals surface area contributed by atoms with Crippen molar-refractivity contribution in [2.75, 3.05) is 18.0 Å². The lowest BCUT2D eigenvalue weighted by Gasteiger charge is -2.21. The van der Waals surface area contributed by atoms with Crippen LogP contribution in [-0.4, -0.2) is 19.0 Å². The maximum atomic E-state index is 12.3. The number of rotatable bonds is 6. The highest BCUT2D eigenvalue weighted by Gasteiger charge is 2.09. The molecular weight excluding hydrogens is 284 g/mol. The molecule has 0 saturated heterocycles. The number of nitrogens with zero attached hydrogens (tertiary/aromatic N) is 1. The van der Waals surface area contributed by atoms with Crippen LogP contribution in [0.1, 0.15) is 40.9 Å². The Morgan fingerprint density at radius 1 is 1.00 bits per heavy atom. The summed E-state index contributed by atoms with van der Waals surface area (Å²) >= 11 is 0. The highest BCUT2D eigenvalue weighted by molar-refractivity contribution is 5.95. The van der Waals surface area contributed by atoms with Crippen molar-refractivity contribution in [3.63, 3.8) is 0 Å². The Morgan fingerprint density at radius 3 is 2.26 bits per heavy atom. The van der Waals surface area contributed by atoms with E-state index in [1.54, 1.807) is 0 Å². The fourth-order valence-corrected chi connectivity index (χ4v) is 2.67. The van der Waals surface area contributed by atoms with Gasteiger partial charge in [0.05, 0.1) is 0 Å². The zero-order valence-corrected chi connectivity index (χ0v) is 14.5. The predicted octanol–water partition coefficient (Wildman–Crippen LogP) is 4.08. The number of carbonyl (C=O) groups is 1. The summed E-state index contributed by atoms with van der Waals surface area (Å²) in [6.07, 6.45) is 0. The van der Waals surface area contributed by atoms with Crippen LogP contribution in [0.3, 0.4) is 0 Å². The highest BCUT2D eigenvalue weighted by atomic mass is 16.1. The molecule has 0 heterocycles. The average molecular weight is 310 g/mol. The second kappa shape index (κ2) is 7.82. The summed E-state index contributed by atoms with van der Waals surface area (Å²) in [4.78, 5) is 14.6. The first-order valence-corrected chi connectivity index (χ1v) is 8.24. The van der Waals surface area contributed by atoms with Gasteiger partial charge in [0.1, 0.15) is 0 Å². The molecule has 3 nitrogen and oxygen atoms in total. The van der Waals surface area contributed by atoms with E-state index in [0.717, 1.165) is 35.3 Å². The Bertz CT molecular complexity index is 658. The fraction of sp³-hybridized carbons (Fsp3) is 0.350. The number of hydrogen-bond donors (Lipinski definition) is 1. The summed E-state index contributed by atoms with van der Waals surface area (Å²) in [5, 5.41) is 3.01. The molecule has 0 aromatic heterocycles. The summed E-state index contributed by atoms with van der Waals surface area (Å²) in [6.45, 7) is 10.8. The first-order valence-electron chi connectivity index (χ1n) is 8.24. The van der Waals surface area contributed by atoms with Crippen LogP contribution in [0.25, 0.3) is 0 Å². The summed E-state index contributed by atoms with van der Waals surface area (Å²) < 4.78 is 0. The first kappa shape index (κ1) is 17.1. The molecule has 1 N–H and O–H groups in total. The minimum absolute atomic E-state index is 0.0148. The Kier molecular flexibility index (Phi) is 5.80. The van der Waals surface area contributed by atoms with E-state index in [9.17, 15) is 4.79 Å². The largest absolute Gasteiger partial charge is 0.372 e. The molecule has 0 radical (unpaired) electrons. The van der Waals surface area contributed by atoms with Gasteiger partial charge in [-0.25, -0.2) is 0 Å². The van der Waals surface area contributed by atoms with Crippen LogP contribution < -0.4 is 10.2 Å². The number of hydrogen-bond acceptors (Lipinski definition) is 2. The molecule has 0 aliphatic heterocycles. The van der Waals surface area contributed by atoms with Crippen molar-refractivity contribution in [2.24, 2.45) is 0 Å². The Balaban J connectivity index is 2.00. The third-order valence-electron chi connectivity index (χ3n) is 4.16. The number of amides is 1. The smallest absolute Gasteiger partial charge is 0.251 e. The number of aryl methyl sites for hydroxylation is 2. The van der Waals surface area contributed by atoms with Gasteiger partial charge in [-0.15, -0.1) is 0 Å². The maximum absolute atomic E-state index is 12.3. The molecule has 2 aromatic carbocycles. The van der Waals surface area contributed by atoms with Crippen LogP contribution in [0.15, 0.2) is 42.5 Å². The van der Waals surface area contributed by atoms with Gasteiger partial charge in [0.2, 0.25) is 0 Å². The van der Waals surface area contributed by atoms with E-state index in [0.29, 0.717) is 6.54 Å². The number of nitrogens with one attached hydrogen (secondary N) is 1. The molecule has 3 heteroatoms. The van der Waals surface area contributed by atoms with E-state index in [1.807, 2.05) is 32.0 Å². The van der Waals surface area contributed by atoms with Crippen molar-refractivity contribution in [2.45, 2.75) is 34.2 Å². The van der Waals surface area contributed by atoms with Gasteiger partial charge in [-0.2, -0.15) is 0 Å². The van der Waals surface area contributed by atoms with E-state index in [1.165, 1.54) is 5.69 Å². The molecule has 0 aliphatic rings. The highest BCUT2D eigenvalue weighted by Crippen LogP contribution is 2.15. The quantitative estimate of drug-likeness (QED) is 0.872. The molecular formula is C20H26N2O. The number of carbonyl (C=O) groups excluding carboxylic acids is 1. The zero-order chi connectivity index (χ0) is 16.8. The minimum Gasteiger partial charge on any atom is -0.372 e. The Hall–Kier alpha value is -2.29. The summed E-state index contributed by atoms with van der Waals surface area (Å²) in [5.74, 6) is -0.0148. The monoisotopic (exact) mass is 310 g/mol. The van der Waals surface area contributed by atoms with Crippen LogP contribution >= 0.6 is 0 Å². The van der Waals surface area contributed by atoms with E-state index < -0.39 is 0 Å². The second-order valence-corrected chi connectivity index (χ2v) is 5.84. The van der Waals surface area contributed by atoms with Gasteiger partial charge in [0.25, 0.3) is 5.91 Å². The SMILES string of the molecule is CCN(CC)c1ccc(CNC(=O)c2cc(C)ccc2C)cc1. The third-order valence-corrected chi connectivity index (χ3v) is 4.16. The molecule has 0 bridgehead atoms. The number of anilines is 1. The van der Waals surface area contributed by atoms with Crippen molar-refractivity contribution < 1.29 is 4.79 Å². The van der Waals surface area contributed by atoms with Crippen LogP contribution in [0.2, 0.25) is 0 Å². The molecule has 122 valence electrons. The van der Waals surface area contributed by atoms with Crippen LogP contribution in [0.4, 0.5) is 5.69 Å². The van der Waals surface area contributed by atoms with Crippen molar-refractivity contribution in [3.8, 4) is 0 Å². The topological polar surface area (TPSA) is 32.3 Å². The van der Waals surface area contributed by atoms with Crippen molar-refractivity contribution in [1.82, 2.24) is 5.32 Å². The standard InChI is InChI=1S/C20H26N2O/c1-5-22(6-2)18-11-9-17(10-12-18)14-21-20(23)19-13-15(3)7-8-16(19)4/h7-13H,5-6,14H2,1-4H3,(H,21,23). The molecule has 23 heavy (non-hydrogen) atoms. The van der Waals surface area contributed by atoms with E-state index in [2.05, 4.69) is 48.3 Å². The Labute approximate surface area is 139 Å². The molecule has 0 spiro atoms. The van der Waals surface area contributed by atoms with Crippen LogP contribution in [-0.2, 0) is 6.54 Å². The molecule has 2 aromatic rings. The minimum atomic E-state index is -0.0148. The van der Waals surface area contributed by atoms with Crippen molar-refractivity contribution >= 4 is 11.6 Å². The molecule has 2 rings (SSSR count). The average Bonchev–Trinajstić information content (AvgIpc) is 2.57. The van der Waals surface area contributed by atoms with Crippen molar-refractivity contribution in [1.29, 1.82) is 0 Å². The van der Waals surface area contributed by atoms with Gasteiger partial charge in [0, 0.05) is 30.9 Å². The lowest BCUT2D eigenvalue weighted by Crippen LogP contribution is -2.24. The summed E-state index contributed by atoms with van der Waals surface area (Å²) in [6, 6.07) is 14.3. The second-order valence-electron chi connectivity index (χ2n) is 5.84. The number of benzene rings is 2. The van der Waals surface area contributed by atoms with Crippen molar-refractivity contribution in [3.05, 3.63) is 64.7 Å². The molecule has 0 saturated carbocycles. The van der Waals surface area contributed by atoms with E-state index in [4.69, 9.17) is 0 Å². The van der Waals surface area contributed by atoms with Gasteiger partial charge >= 0.3 is 0 Å². The lowest BCUT2D eigenvalue weighted by molar-refractivity contribution is 0.0950. The summed E-state index contributed by atoms with van der Waals surface area (Å²) in [5.41, 5.74) is 5.19. The van der Waals surface area contributed by atoms with Gasteiger partial charge in [-0.3, -0.25) is 4.79 Å². The molecule has 0 fully saturated rings.